The number of benzene rings is 2. The van der Waals surface area contributed by atoms with Crippen molar-refractivity contribution in [3.8, 4) is 5.69 Å². The van der Waals surface area contributed by atoms with Gasteiger partial charge in [0.05, 0.1) is 12.0 Å². The lowest BCUT2D eigenvalue weighted by Gasteiger charge is -2.08. The number of imidazole rings is 1. The molecule has 26 heavy (non-hydrogen) atoms. The number of halogens is 1. The van der Waals surface area contributed by atoms with Gasteiger partial charge in [-0.25, -0.2) is 9.37 Å². The molecule has 3 aromatic rings. The molecule has 0 fully saturated rings. The smallest absolute Gasteiger partial charge is 0.220 e. The van der Waals surface area contributed by atoms with Crippen LogP contribution in [0.2, 0.25) is 0 Å². The minimum atomic E-state index is -0.394. The van der Waals surface area contributed by atoms with E-state index in [9.17, 15) is 14.0 Å². The standard InChI is InChI=1S/C20H18FN3O2/c21-17-12-15(6-7-18(17)24-11-10-22-14-24)13-23-20(26)9-8-19(25)16-4-2-1-3-5-16/h1-7,10-12,14H,8-9,13H2,(H,23,26). The van der Waals surface area contributed by atoms with Gasteiger partial charge in [0.25, 0.3) is 0 Å². The largest absolute Gasteiger partial charge is 0.352 e. The Bertz CT molecular complexity index is 893. The van der Waals surface area contributed by atoms with Crippen molar-refractivity contribution < 1.29 is 14.0 Å². The highest BCUT2D eigenvalue weighted by Crippen LogP contribution is 2.15. The summed E-state index contributed by atoms with van der Waals surface area (Å²) in [6.07, 6.45) is 4.99. The number of rotatable bonds is 7. The molecule has 0 radical (unpaired) electrons. The molecule has 132 valence electrons. The highest BCUT2D eigenvalue weighted by atomic mass is 19.1. The first kappa shape index (κ1) is 17.5. The highest BCUT2D eigenvalue weighted by Gasteiger charge is 2.10. The number of hydrogen-bond acceptors (Lipinski definition) is 3. The zero-order valence-corrected chi connectivity index (χ0v) is 14.1. The van der Waals surface area contributed by atoms with Crippen molar-refractivity contribution in [3.63, 3.8) is 0 Å². The molecule has 0 aliphatic heterocycles. The zero-order chi connectivity index (χ0) is 18.4. The van der Waals surface area contributed by atoms with Gasteiger partial charge in [-0.05, 0) is 17.7 Å². The second kappa shape index (κ2) is 8.20. The Balaban J connectivity index is 1.50. The molecule has 2 aromatic carbocycles. The maximum absolute atomic E-state index is 14.2. The van der Waals surface area contributed by atoms with Crippen LogP contribution in [0.5, 0.6) is 0 Å². The zero-order valence-electron chi connectivity index (χ0n) is 14.1. The molecule has 1 N–H and O–H groups in total. The van der Waals surface area contributed by atoms with E-state index in [2.05, 4.69) is 10.3 Å². The van der Waals surface area contributed by atoms with Crippen LogP contribution >= 0.6 is 0 Å². The minimum Gasteiger partial charge on any atom is -0.352 e. The van der Waals surface area contributed by atoms with Crippen LogP contribution in [0.15, 0.2) is 67.3 Å². The molecule has 1 amide bonds. The van der Waals surface area contributed by atoms with Crippen LogP contribution in [0.3, 0.4) is 0 Å². The number of Topliss-reactive ketones (excluding diaryl/α,β-unsaturated/α-hetero) is 1. The van der Waals surface area contributed by atoms with E-state index in [1.54, 1.807) is 53.4 Å². The Labute approximate surface area is 150 Å². The molecule has 3 rings (SSSR count). The van der Waals surface area contributed by atoms with E-state index in [1.165, 1.54) is 12.4 Å². The third-order valence-electron chi connectivity index (χ3n) is 3.96. The Morgan fingerprint density at radius 1 is 1.08 bits per heavy atom. The fraction of sp³-hybridized carbons (Fsp3) is 0.150. The van der Waals surface area contributed by atoms with Crippen molar-refractivity contribution in [2.45, 2.75) is 19.4 Å². The number of carbonyl (C=O) groups is 2. The van der Waals surface area contributed by atoms with Crippen molar-refractivity contribution in [1.29, 1.82) is 0 Å². The molecule has 0 spiro atoms. The van der Waals surface area contributed by atoms with Crippen LogP contribution in [0, 0.1) is 5.82 Å². The molecule has 0 aliphatic rings. The summed E-state index contributed by atoms with van der Waals surface area (Å²) in [5.74, 6) is -0.709. The number of ketones is 1. The lowest BCUT2D eigenvalue weighted by molar-refractivity contribution is -0.121. The Morgan fingerprint density at radius 3 is 2.58 bits per heavy atom. The number of nitrogens with zero attached hydrogens (tertiary/aromatic N) is 2. The predicted molar refractivity (Wildman–Crippen MR) is 95.4 cm³/mol. The molecule has 1 heterocycles. The summed E-state index contributed by atoms with van der Waals surface area (Å²) >= 11 is 0. The predicted octanol–water partition coefficient (Wildman–Crippen LogP) is 3.29. The SMILES string of the molecule is O=C(CCC(=O)c1ccccc1)NCc1ccc(-n2ccnc2)c(F)c1. The quantitative estimate of drug-likeness (QED) is 0.665. The molecule has 0 saturated carbocycles. The van der Waals surface area contributed by atoms with Gasteiger partial charge >= 0.3 is 0 Å². The molecule has 0 aliphatic carbocycles. The Kier molecular flexibility index (Phi) is 5.53. The van der Waals surface area contributed by atoms with Crippen molar-refractivity contribution in [2.24, 2.45) is 0 Å². The van der Waals surface area contributed by atoms with E-state index in [0.29, 0.717) is 16.8 Å². The van der Waals surface area contributed by atoms with Crippen LogP contribution in [-0.4, -0.2) is 21.2 Å². The fourth-order valence-corrected chi connectivity index (χ4v) is 2.56. The average molecular weight is 351 g/mol. The number of hydrogen-bond donors (Lipinski definition) is 1. The van der Waals surface area contributed by atoms with Gasteiger partial charge in [-0.2, -0.15) is 0 Å². The molecular formula is C20H18FN3O2. The number of amides is 1. The fourth-order valence-electron chi connectivity index (χ4n) is 2.56. The third kappa shape index (κ3) is 4.42. The van der Waals surface area contributed by atoms with Gasteiger partial charge in [-0.1, -0.05) is 36.4 Å². The van der Waals surface area contributed by atoms with Crippen LogP contribution in [0.25, 0.3) is 5.69 Å². The molecule has 5 nitrogen and oxygen atoms in total. The van der Waals surface area contributed by atoms with Gasteiger partial charge < -0.3 is 9.88 Å². The van der Waals surface area contributed by atoms with Gasteiger partial charge in [0.1, 0.15) is 5.82 Å². The lowest BCUT2D eigenvalue weighted by Crippen LogP contribution is -2.23. The third-order valence-corrected chi connectivity index (χ3v) is 3.96. The second-order valence-electron chi connectivity index (χ2n) is 5.82. The summed E-state index contributed by atoms with van der Waals surface area (Å²) in [5, 5.41) is 2.71. The normalized spacial score (nSPS) is 10.5. The van der Waals surface area contributed by atoms with E-state index in [1.807, 2.05) is 6.07 Å². The van der Waals surface area contributed by atoms with E-state index < -0.39 is 5.82 Å². The van der Waals surface area contributed by atoms with Crippen LogP contribution in [0.1, 0.15) is 28.8 Å². The number of carbonyl (C=O) groups excluding carboxylic acids is 2. The van der Waals surface area contributed by atoms with Crippen LogP contribution in [-0.2, 0) is 11.3 Å². The van der Waals surface area contributed by atoms with Gasteiger partial charge in [0.2, 0.25) is 5.91 Å². The summed E-state index contributed by atoms with van der Waals surface area (Å²) in [7, 11) is 0. The maximum atomic E-state index is 14.2. The summed E-state index contributed by atoms with van der Waals surface area (Å²) < 4.78 is 15.7. The Hall–Kier alpha value is -3.28. The van der Waals surface area contributed by atoms with Crippen molar-refractivity contribution in [1.82, 2.24) is 14.9 Å². The van der Waals surface area contributed by atoms with Crippen LogP contribution in [0.4, 0.5) is 4.39 Å². The number of aromatic nitrogens is 2. The second-order valence-corrected chi connectivity index (χ2v) is 5.82. The summed E-state index contributed by atoms with van der Waals surface area (Å²) in [5.41, 5.74) is 1.64. The van der Waals surface area contributed by atoms with E-state index >= 15 is 0 Å². The first-order valence-electron chi connectivity index (χ1n) is 8.25. The van der Waals surface area contributed by atoms with Crippen LogP contribution < -0.4 is 5.32 Å². The van der Waals surface area contributed by atoms with Gasteiger partial charge in [-0.3, -0.25) is 9.59 Å². The summed E-state index contributed by atoms with van der Waals surface area (Å²) in [4.78, 5) is 27.8. The molecular weight excluding hydrogens is 333 g/mol. The molecule has 0 saturated heterocycles. The minimum absolute atomic E-state index is 0.0727. The lowest BCUT2D eigenvalue weighted by atomic mass is 10.1. The van der Waals surface area contributed by atoms with E-state index in [-0.39, 0.29) is 31.1 Å². The summed E-state index contributed by atoms with van der Waals surface area (Å²) in [6, 6.07) is 13.6. The monoisotopic (exact) mass is 351 g/mol. The summed E-state index contributed by atoms with van der Waals surface area (Å²) in [6.45, 7) is 0.208. The molecule has 0 atom stereocenters. The van der Waals surface area contributed by atoms with Gasteiger partial charge in [0.15, 0.2) is 5.78 Å². The first-order chi connectivity index (χ1) is 12.6. The van der Waals surface area contributed by atoms with E-state index in [4.69, 9.17) is 0 Å². The highest BCUT2D eigenvalue weighted by molar-refractivity contribution is 5.97. The topological polar surface area (TPSA) is 64.0 Å². The molecule has 0 unspecified atom stereocenters. The van der Waals surface area contributed by atoms with Gasteiger partial charge in [-0.15, -0.1) is 0 Å². The van der Waals surface area contributed by atoms with Gasteiger partial charge in [0, 0.05) is 37.3 Å². The molecule has 6 heteroatoms. The first-order valence-corrected chi connectivity index (χ1v) is 8.25. The molecule has 1 aromatic heterocycles. The Morgan fingerprint density at radius 2 is 1.88 bits per heavy atom. The van der Waals surface area contributed by atoms with E-state index in [0.717, 1.165) is 0 Å². The average Bonchev–Trinajstić information content (AvgIpc) is 3.19. The van der Waals surface area contributed by atoms with Crippen molar-refractivity contribution >= 4 is 11.7 Å². The van der Waals surface area contributed by atoms with Crippen molar-refractivity contribution in [2.75, 3.05) is 0 Å². The number of nitrogens with one attached hydrogen (secondary N) is 1. The maximum Gasteiger partial charge on any atom is 0.220 e. The van der Waals surface area contributed by atoms with Crippen molar-refractivity contribution in [3.05, 3.63) is 84.2 Å². The molecule has 0 bridgehead atoms.